The summed E-state index contributed by atoms with van der Waals surface area (Å²) in [6.45, 7) is 2.13. The molecule has 0 N–H and O–H groups in total. The van der Waals surface area contributed by atoms with E-state index in [1.54, 1.807) is 29.2 Å². The Balaban J connectivity index is 1.59. The maximum Gasteiger partial charge on any atom is 0.338 e. The molecule has 0 bridgehead atoms. The predicted molar refractivity (Wildman–Crippen MR) is 103 cm³/mol. The average molecular weight is 408 g/mol. The monoisotopic (exact) mass is 408 g/mol. The first-order valence-electron chi connectivity index (χ1n) is 9.26. The summed E-state index contributed by atoms with van der Waals surface area (Å²) < 4.78 is 28.4. The highest BCUT2D eigenvalue weighted by Crippen LogP contribution is 2.22. The summed E-state index contributed by atoms with van der Waals surface area (Å²) in [5.41, 5.74) is 1.01. The van der Waals surface area contributed by atoms with Crippen molar-refractivity contribution in [2.75, 3.05) is 30.0 Å². The summed E-state index contributed by atoms with van der Waals surface area (Å²) in [5.74, 6) is -1.02. The number of ether oxygens (including phenoxy) is 1. The van der Waals surface area contributed by atoms with Crippen LogP contribution < -0.4 is 4.90 Å². The number of rotatable bonds is 5. The van der Waals surface area contributed by atoms with Gasteiger partial charge in [0.15, 0.2) is 15.9 Å². The predicted octanol–water partition coefficient (Wildman–Crippen LogP) is 1.00. The number of anilines is 1. The molecule has 1 aromatic rings. The number of likely N-dealkylation sites (N-methyl/N-ethyl adjacent to an activating group) is 1. The third-order valence-electron chi connectivity index (χ3n) is 5.22. The molecule has 2 fully saturated rings. The second-order valence-electron chi connectivity index (χ2n) is 7.25. The first kappa shape index (κ1) is 20.3. The summed E-state index contributed by atoms with van der Waals surface area (Å²) in [6.07, 6.45) is 0.708. The summed E-state index contributed by atoms with van der Waals surface area (Å²) in [5, 5.41) is 0. The molecule has 2 amide bonds. The van der Waals surface area contributed by atoms with Crippen LogP contribution in [0.4, 0.5) is 5.69 Å². The molecule has 0 saturated carbocycles. The van der Waals surface area contributed by atoms with E-state index >= 15 is 0 Å². The maximum absolute atomic E-state index is 12.5. The average Bonchev–Trinajstić information content (AvgIpc) is 3.25. The summed E-state index contributed by atoms with van der Waals surface area (Å²) >= 11 is 0. The van der Waals surface area contributed by atoms with Gasteiger partial charge in [-0.05, 0) is 44.0 Å². The van der Waals surface area contributed by atoms with Gasteiger partial charge in [-0.3, -0.25) is 9.59 Å². The zero-order valence-corrected chi connectivity index (χ0v) is 16.8. The van der Waals surface area contributed by atoms with Gasteiger partial charge in [0.2, 0.25) is 5.91 Å². The van der Waals surface area contributed by atoms with Crippen molar-refractivity contribution in [3.05, 3.63) is 29.8 Å². The Kier molecular flexibility index (Phi) is 5.74. The van der Waals surface area contributed by atoms with E-state index in [2.05, 4.69) is 0 Å². The fraction of sp³-hybridized carbons (Fsp3) is 0.526. The van der Waals surface area contributed by atoms with Crippen molar-refractivity contribution < 1.29 is 27.5 Å². The van der Waals surface area contributed by atoms with Gasteiger partial charge in [0, 0.05) is 31.7 Å². The third kappa shape index (κ3) is 4.35. The zero-order valence-electron chi connectivity index (χ0n) is 16.0. The van der Waals surface area contributed by atoms with Crippen LogP contribution in [-0.4, -0.2) is 68.3 Å². The van der Waals surface area contributed by atoms with Crippen LogP contribution in [0, 0.1) is 0 Å². The Bertz CT molecular complexity index is 880. The Hall–Kier alpha value is -2.42. The molecule has 9 heteroatoms. The molecule has 0 radical (unpaired) electrons. The van der Waals surface area contributed by atoms with Crippen LogP contribution in [0.25, 0.3) is 0 Å². The molecule has 0 aliphatic carbocycles. The summed E-state index contributed by atoms with van der Waals surface area (Å²) in [7, 11) is -1.58. The lowest BCUT2D eigenvalue weighted by atomic mass is 10.2. The van der Waals surface area contributed by atoms with Crippen LogP contribution in [0.3, 0.4) is 0 Å². The maximum atomic E-state index is 12.5. The van der Waals surface area contributed by atoms with Gasteiger partial charge in [-0.1, -0.05) is 0 Å². The van der Waals surface area contributed by atoms with Crippen molar-refractivity contribution in [2.24, 2.45) is 0 Å². The van der Waals surface area contributed by atoms with E-state index in [0.717, 1.165) is 12.1 Å². The molecule has 3 rings (SSSR count). The van der Waals surface area contributed by atoms with Crippen molar-refractivity contribution in [1.29, 1.82) is 0 Å². The van der Waals surface area contributed by atoms with Gasteiger partial charge in [0.05, 0.1) is 17.1 Å². The van der Waals surface area contributed by atoms with E-state index in [9.17, 15) is 22.8 Å². The van der Waals surface area contributed by atoms with Crippen molar-refractivity contribution in [2.45, 2.75) is 38.3 Å². The molecule has 2 atom stereocenters. The number of hydrogen-bond acceptors (Lipinski definition) is 6. The highest BCUT2D eigenvalue weighted by molar-refractivity contribution is 7.91. The van der Waals surface area contributed by atoms with Crippen LogP contribution in [0.5, 0.6) is 0 Å². The van der Waals surface area contributed by atoms with E-state index in [0.29, 0.717) is 19.4 Å². The van der Waals surface area contributed by atoms with Gasteiger partial charge in [-0.25, -0.2) is 13.2 Å². The van der Waals surface area contributed by atoms with Crippen LogP contribution in [0.2, 0.25) is 0 Å². The molecule has 8 nitrogen and oxygen atoms in total. The minimum atomic E-state index is -3.11. The lowest BCUT2D eigenvalue weighted by molar-refractivity contribution is -0.140. The van der Waals surface area contributed by atoms with Crippen molar-refractivity contribution in [3.8, 4) is 0 Å². The number of carbonyl (C=O) groups is 3. The molecule has 1 aromatic carbocycles. The summed E-state index contributed by atoms with van der Waals surface area (Å²) in [4.78, 5) is 39.6. The van der Waals surface area contributed by atoms with E-state index in [1.165, 1.54) is 18.9 Å². The third-order valence-corrected chi connectivity index (χ3v) is 6.97. The second kappa shape index (κ2) is 7.90. The molecular weight excluding hydrogens is 384 g/mol. The lowest BCUT2D eigenvalue weighted by Gasteiger charge is -2.26. The minimum Gasteiger partial charge on any atom is -0.449 e. The first-order valence-corrected chi connectivity index (χ1v) is 11.1. The molecular formula is C19H24N2O6S. The van der Waals surface area contributed by atoms with E-state index in [4.69, 9.17) is 4.74 Å². The number of benzene rings is 1. The highest BCUT2D eigenvalue weighted by Gasteiger charge is 2.35. The number of nitrogens with zero attached hydrogens (tertiary/aromatic N) is 2. The lowest BCUT2D eigenvalue weighted by Crippen LogP contribution is -2.44. The van der Waals surface area contributed by atoms with Crippen LogP contribution >= 0.6 is 0 Å². The van der Waals surface area contributed by atoms with E-state index in [1.807, 2.05) is 0 Å². The van der Waals surface area contributed by atoms with E-state index in [-0.39, 0.29) is 23.0 Å². The number of esters is 1. The fourth-order valence-electron chi connectivity index (χ4n) is 3.53. The Labute approximate surface area is 164 Å². The highest BCUT2D eigenvalue weighted by atomic mass is 32.2. The second-order valence-corrected chi connectivity index (χ2v) is 9.48. The number of hydrogen-bond donors (Lipinski definition) is 0. The van der Waals surface area contributed by atoms with Gasteiger partial charge in [0.25, 0.3) is 5.91 Å². The quantitative estimate of drug-likeness (QED) is 0.674. The topological polar surface area (TPSA) is 101 Å². The van der Waals surface area contributed by atoms with Crippen LogP contribution in [0.1, 0.15) is 36.5 Å². The first-order chi connectivity index (χ1) is 13.2. The number of sulfone groups is 1. The molecule has 2 aliphatic rings. The van der Waals surface area contributed by atoms with Crippen LogP contribution in [-0.2, 0) is 24.2 Å². The fourth-order valence-corrected chi connectivity index (χ4v) is 5.30. The standard InChI is InChI=1S/C19H24N2O6S/c1-13(18(23)20(2)16-9-11-28(25,26)12-16)27-19(24)14-5-7-15(8-6-14)21-10-3-4-17(21)22/h5-8,13,16H,3-4,9-12H2,1-2H3/t13-,16-/m1/s1. The summed E-state index contributed by atoms with van der Waals surface area (Å²) in [6, 6.07) is 6.10. The molecule has 0 aromatic heterocycles. The van der Waals surface area contributed by atoms with Crippen molar-refractivity contribution in [3.63, 3.8) is 0 Å². The Morgan fingerprint density at radius 2 is 1.93 bits per heavy atom. The van der Waals surface area contributed by atoms with Gasteiger partial charge < -0.3 is 14.5 Å². The molecule has 152 valence electrons. The Morgan fingerprint density at radius 3 is 2.46 bits per heavy atom. The van der Waals surface area contributed by atoms with Crippen molar-refractivity contribution >= 4 is 33.3 Å². The largest absolute Gasteiger partial charge is 0.449 e. The molecule has 2 aliphatic heterocycles. The molecule has 2 heterocycles. The van der Waals surface area contributed by atoms with Gasteiger partial charge in [-0.2, -0.15) is 0 Å². The molecule has 0 spiro atoms. The smallest absolute Gasteiger partial charge is 0.338 e. The number of amides is 2. The SMILES string of the molecule is C[C@@H](OC(=O)c1ccc(N2CCCC2=O)cc1)C(=O)N(C)[C@@H]1CCS(=O)(=O)C1. The van der Waals surface area contributed by atoms with Gasteiger partial charge >= 0.3 is 5.97 Å². The molecule has 0 unspecified atom stereocenters. The van der Waals surface area contributed by atoms with Gasteiger partial charge in [-0.15, -0.1) is 0 Å². The van der Waals surface area contributed by atoms with E-state index < -0.39 is 33.9 Å². The normalized spacial score (nSPS) is 22.1. The molecule has 28 heavy (non-hydrogen) atoms. The molecule has 2 saturated heterocycles. The minimum absolute atomic E-state index is 0.0616. The zero-order chi connectivity index (χ0) is 20.5. The van der Waals surface area contributed by atoms with Crippen molar-refractivity contribution in [1.82, 2.24) is 4.90 Å². The van der Waals surface area contributed by atoms with Crippen LogP contribution in [0.15, 0.2) is 24.3 Å². The number of carbonyl (C=O) groups excluding carboxylic acids is 3. The Morgan fingerprint density at radius 1 is 1.25 bits per heavy atom. The van der Waals surface area contributed by atoms with Gasteiger partial charge in [0.1, 0.15) is 0 Å².